The molecular formula is C31H36O6. The van der Waals surface area contributed by atoms with E-state index in [0.717, 1.165) is 16.9 Å². The number of benzene rings is 3. The Morgan fingerprint density at radius 3 is 1.51 bits per heavy atom. The summed E-state index contributed by atoms with van der Waals surface area (Å²) in [4.78, 5) is 24.4. The molecule has 0 amide bonds. The number of hydrogen-bond donors (Lipinski definition) is 0. The lowest BCUT2D eigenvalue weighted by Gasteiger charge is -2.27. The molecule has 0 radical (unpaired) electrons. The van der Waals surface area contributed by atoms with E-state index in [-0.39, 0.29) is 28.5 Å². The van der Waals surface area contributed by atoms with Gasteiger partial charge in [0.05, 0.1) is 5.41 Å². The summed E-state index contributed by atoms with van der Waals surface area (Å²) in [6.07, 6.45) is -0.888. The van der Waals surface area contributed by atoms with Crippen molar-refractivity contribution < 1.29 is 28.5 Å². The molecule has 0 N–H and O–H groups in total. The largest absolute Gasteiger partial charge is 0.519 e. The van der Waals surface area contributed by atoms with E-state index in [1.54, 1.807) is 51.1 Å². The van der Waals surface area contributed by atoms with Crippen molar-refractivity contribution in [1.82, 2.24) is 0 Å². The van der Waals surface area contributed by atoms with Crippen LogP contribution < -0.4 is 18.9 Å². The molecular weight excluding hydrogens is 468 g/mol. The van der Waals surface area contributed by atoms with Crippen LogP contribution in [0.4, 0.5) is 4.79 Å². The maximum atomic E-state index is 12.3. The van der Waals surface area contributed by atoms with Crippen LogP contribution >= 0.6 is 0 Å². The Morgan fingerprint density at radius 1 is 0.568 bits per heavy atom. The van der Waals surface area contributed by atoms with Gasteiger partial charge in [-0.2, -0.15) is 0 Å². The van der Waals surface area contributed by atoms with Crippen molar-refractivity contribution in [1.29, 1.82) is 0 Å². The highest BCUT2D eigenvalue weighted by Gasteiger charge is 2.25. The number of ether oxygens (including phenoxy) is 4. The van der Waals surface area contributed by atoms with Gasteiger partial charge in [0.2, 0.25) is 0 Å². The Morgan fingerprint density at radius 2 is 1.03 bits per heavy atom. The molecule has 6 nitrogen and oxygen atoms in total. The fraction of sp³-hybridized carbons (Fsp3) is 0.355. The Balaban J connectivity index is 1.63. The van der Waals surface area contributed by atoms with Crippen molar-refractivity contribution in [2.75, 3.05) is 0 Å². The van der Waals surface area contributed by atoms with Crippen molar-refractivity contribution in [3.63, 3.8) is 0 Å². The normalized spacial score (nSPS) is 12.0. The van der Waals surface area contributed by atoms with Gasteiger partial charge >= 0.3 is 12.1 Å². The zero-order chi connectivity index (χ0) is 27.4. The number of carbonyl (C=O) groups excluding carboxylic acids is 2. The molecule has 0 spiro atoms. The third-order valence-electron chi connectivity index (χ3n) is 5.61. The number of rotatable bonds is 6. The fourth-order valence-corrected chi connectivity index (χ4v) is 3.47. The molecule has 0 aromatic heterocycles. The summed E-state index contributed by atoms with van der Waals surface area (Å²) in [5.41, 5.74) is 1.01. The first-order valence-corrected chi connectivity index (χ1v) is 12.3. The molecule has 0 heterocycles. The molecule has 0 aliphatic rings. The van der Waals surface area contributed by atoms with Crippen molar-refractivity contribution in [3.05, 3.63) is 83.9 Å². The molecule has 37 heavy (non-hydrogen) atoms. The van der Waals surface area contributed by atoms with Crippen LogP contribution in [0.25, 0.3) is 0 Å². The molecule has 0 saturated carbocycles. The quantitative estimate of drug-likeness (QED) is 0.194. The standard InChI is InChI=1S/C31H36O6/c1-29(2,3)27(32)34-25-10-9-11-26(20-25)36-28(33)35-23-16-12-21(13-17-23)31(7,8)22-14-18-24(19-15-22)37-30(4,5)6/h9-20H,1-8H3. The summed E-state index contributed by atoms with van der Waals surface area (Å²) in [5, 5.41) is 0. The second kappa shape index (κ2) is 10.7. The summed E-state index contributed by atoms with van der Waals surface area (Å²) in [5.74, 6) is 1.29. The average Bonchev–Trinajstić information content (AvgIpc) is 2.78. The van der Waals surface area contributed by atoms with Gasteiger partial charge < -0.3 is 18.9 Å². The van der Waals surface area contributed by atoms with Gasteiger partial charge in [0.15, 0.2) is 0 Å². The van der Waals surface area contributed by atoms with Crippen molar-refractivity contribution in [3.8, 4) is 23.0 Å². The minimum Gasteiger partial charge on any atom is -0.488 e. The van der Waals surface area contributed by atoms with Gasteiger partial charge in [-0.05, 0) is 89.1 Å². The zero-order valence-electron chi connectivity index (χ0n) is 22.9. The van der Waals surface area contributed by atoms with Crippen LogP contribution in [0.15, 0.2) is 72.8 Å². The second-order valence-corrected chi connectivity index (χ2v) is 11.5. The molecule has 0 bridgehead atoms. The highest BCUT2D eigenvalue weighted by molar-refractivity contribution is 5.78. The van der Waals surface area contributed by atoms with Crippen LogP contribution in [0.5, 0.6) is 23.0 Å². The minimum atomic E-state index is -0.888. The van der Waals surface area contributed by atoms with E-state index in [9.17, 15) is 9.59 Å². The number of hydrogen-bond acceptors (Lipinski definition) is 6. The summed E-state index contributed by atoms with van der Waals surface area (Å²) >= 11 is 0. The summed E-state index contributed by atoms with van der Waals surface area (Å²) < 4.78 is 21.9. The first kappa shape index (κ1) is 27.8. The highest BCUT2D eigenvalue weighted by Crippen LogP contribution is 2.34. The summed E-state index contributed by atoms with van der Waals surface area (Å²) in [6.45, 7) is 15.6. The van der Waals surface area contributed by atoms with Gasteiger partial charge in [0.1, 0.15) is 28.6 Å². The maximum absolute atomic E-state index is 12.3. The molecule has 0 fully saturated rings. The molecule has 0 unspecified atom stereocenters. The third kappa shape index (κ3) is 7.84. The predicted molar refractivity (Wildman–Crippen MR) is 144 cm³/mol. The van der Waals surface area contributed by atoms with Crippen LogP contribution in [-0.4, -0.2) is 17.7 Å². The van der Waals surface area contributed by atoms with Gasteiger partial charge in [0.25, 0.3) is 0 Å². The van der Waals surface area contributed by atoms with E-state index in [0.29, 0.717) is 5.75 Å². The van der Waals surface area contributed by atoms with Crippen LogP contribution in [0.2, 0.25) is 0 Å². The number of carbonyl (C=O) groups is 2. The fourth-order valence-electron chi connectivity index (χ4n) is 3.47. The van der Waals surface area contributed by atoms with Crippen LogP contribution in [0, 0.1) is 5.41 Å². The van der Waals surface area contributed by atoms with Crippen LogP contribution in [0.1, 0.15) is 66.5 Å². The van der Waals surface area contributed by atoms with Crippen molar-refractivity contribution in [2.45, 2.75) is 66.4 Å². The molecule has 196 valence electrons. The van der Waals surface area contributed by atoms with E-state index >= 15 is 0 Å². The number of esters is 1. The highest BCUT2D eigenvalue weighted by atomic mass is 16.7. The minimum absolute atomic E-state index is 0.209. The van der Waals surface area contributed by atoms with Gasteiger partial charge in [0, 0.05) is 11.5 Å². The monoisotopic (exact) mass is 504 g/mol. The topological polar surface area (TPSA) is 71.1 Å². The lowest BCUT2D eigenvalue weighted by molar-refractivity contribution is -0.143. The summed E-state index contributed by atoms with van der Waals surface area (Å²) in [7, 11) is 0. The molecule has 0 aliphatic carbocycles. The van der Waals surface area contributed by atoms with Gasteiger partial charge in [-0.1, -0.05) is 44.2 Å². The molecule has 6 heteroatoms. The Labute approximate surface area is 219 Å². The predicted octanol–water partition coefficient (Wildman–Crippen LogP) is 7.72. The first-order valence-electron chi connectivity index (χ1n) is 12.3. The van der Waals surface area contributed by atoms with E-state index < -0.39 is 11.6 Å². The Bertz CT molecular complexity index is 1230. The SMILES string of the molecule is CC(C)(C)Oc1ccc(C(C)(C)c2ccc(OC(=O)Oc3cccc(OC(=O)C(C)(C)C)c3)cc2)cc1. The van der Waals surface area contributed by atoms with Crippen LogP contribution in [0.3, 0.4) is 0 Å². The molecule has 0 saturated heterocycles. The van der Waals surface area contributed by atoms with Crippen molar-refractivity contribution >= 4 is 12.1 Å². The second-order valence-electron chi connectivity index (χ2n) is 11.5. The molecule has 0 aliphatic heterocycles. The molecule has 3 aromatic rings. The summed E-state index contributed by atoms with van der Waals surface area (Å²) in [6, 6.07) is 21.7. The van der Waals surface area contributed by atoms with Gasteiger partial charge in [-0.3, -0.25) is 4.79 Å². The van der Waals surface area contributed by atoms with Crippen LogP contribution in [-0.2, 0) is 10.2 Å². The zero-order valence-corrected chi connectivity index (χ0v) is 22.9. The molecule has 0 atom stereocenters. The smallest absolute Gasteiger partial charge is 0.488 e. The lowest BCUT2D eigenvalue weighted by atomic mass is 9.78. The first-order chi connectivity index (χ1) is 17.1. The van der Waals surface area contributed by atoms with E-state index in [2.05, 4.69) is 26.0 Å². The molecule has 3 aromatic carbocycles. The van der Waals surface area contributed by atoms with Gasteiger partial charge in [-0.25, -0.2) is 4.79 Å². The van der Waals surface area contributed by atoms with Crippen molar-refractivity contribution in [2.24, 2.45) is 5.41 Å². The lowest BCUT2D eigenvalue weighted by Crippen LogP contribution is -2.25. The maximum Gasteiger partial charge on any atom is 0.519 e. The average molecular weight is 505 g/mol. The Hall–Kier alpha value is -3.80. The Kier molecular flexibility index (Phi) is 8.01. The third-order valence-corrected chi connectivity index (χ3v) is 5.61. The molecule has 3 rings (SSSR count). The van der Waals surface area contributed by atoms with E-state index in [1.165, 1.54) is 6.07 Å². The van der Waals surface area contributed by atoms with E-state index in [1.807, 2.05) is 45.0 Å². The van der Waals surface area contributed by atoms with Gasteiger partial charge in [-0.15, -0.1) is 0 Å². The van der Waals surface area contributed by atoms with E-state index in [4.69, 9.17) is 18.9 Å².